The molecular formula is C12H15Cl2N3O3. The fourth-order valence-corrected chi connectivity index (χ4v) is 2.68. The van der Waals surface area contributed by atoms with Crippen molar-refractivity contribution < 1.29 is 14.6 Å². The van der Waals surface area contributed by atoms with Crippen LogP contribution in [0.5, 0.6) is 0 Å². The van der Waals surface area contributed by atoms with Crippen LogP contribution in [0, 0.1) is 5.92 Å². The topological polar surface area (TPSA) is 75.5 Å². The molecule has 1 aromatic rings. The molecule has 2 atom stereocenters. The van der Waals surface area contributed by atoms with Crippen LogP contribution in [0.4, 0.5) is 5.69 Å². The van der Waals surface area contributed by atoms with E-state index in [0.717, 1.165) is 6.42 Å². The molecular weight excluding hydrogens is 305 g/mol. The Hall–Kier alpha value is -1.11. The van der Waals surface area contributed by atoms with E-state index >= 15 is 0 Å². The van der Waals surface area contributed by atoms with Crippen molar-refractivity contribution in [1.82, 2.24) is 10.2 Å². The number of aromatic nitrogens is 2. The summed E-state index contributed by atoms with van der Waals surface area (Å²) < 4.78 is 5.32. The molecule has 110 valence electrons. The standard InChI is InChI=1S/C12H15Cl2N3O3/c1-2-3-17(8-4-10(13)15-16-11(8)14)9-6-20-5-7(9)12(18)19/h4,7,9H,2-3,5-6H2,1H3,(H,18,19). The Bertz CT molecular complexity index is 501. The fourth-order valence-electron chi connectivity index (χ4n) is 2.34. The SMILES string of the molecule is CCCN(c1cc(Cl)nnc1Cl)C1COCC1C(=O)O. The third-order valence-corrected chi connectivity index (χ3v) is 3.70. The van der Waals surface area contributed by atoms with Gasteiger partial charge in [-0.3, -0.25) is 4.79 Å². The second kappa shape index (κ2) is 6.56. The Kier molecular flexibility index (Phi) is 5.01. The number of hydrogen-bond donors (Lipinski definition) is 1. The minimum Gasteiger partial charge on any atom is -0.481 e. The van der Waals surface area contributed by atoms with Gasteiger partial charge < -0.3 is 14.7 Å². The smallest absolute Gasteiger partial charge is 0.311 e. The first-order chi connectivity index (χ1) is 9.54. The van der Waals surface area contributed by atoms with E-state index in [1.54, 1.807) is 6.07 Å². The first-order valence-corrected chi connectivity index (χ1v) is 7.06. The van der Waals surface area contributed by atoms with Gasteiger partial charge in [-0.1, -0.05) is 30.1 Å². The molecule has 0 bridgehead atoms. The van der Waals surface area contributed by atoms with Gasteiger partial charge in [-0.05, 0) is 6.42 Å². The molecule has 1 aliphatic heterocycles. The number of anilines is 1. The number of carboxylic acid groups (broad SMARTS) is 1. The zero-order chi connectivity index (χ0) is 14.7. The van der Waals surface area contributed by atoms with Crippen molar-refractivity contribution in [2.75, 3.05) is 24.7 Å². The summed E-state index contributed by atoms with van der Waals surface area (Å²) in [6.07, 6.45) is 0.832. The number of hydrogen-bond acceptors (Lipinski definition) is 5. The average molecular weight is 320 g/mol. The zero-order valence-electron chi connectivity index (χ0n) is 10.9. The van der Waals surface area contributed by atoms with Crippen LogP contribution in [0.2, 0.25) is 10.3 Å². The molecule has 0 spiro atoms. The molecule has 2 rings (SSSR count). The highest BCUT2D eigenvalue weighted by molar-refractivity contribution is 6.33. The molecule has 1 saturated heterocycles. The monoisotopic (exact) mass is 319 g/mol. The first kappa shape index (κ1) is 15.3. The van der Waals surface area contributed by atoms with Crippen LogP contribution < -0.4 is 4.90 Å². The van der Waals surface area contributed by atoms with Gasteiger partial charge in [0.1, 0.15) is 5.92 Å². The Balaban J connectivity index is 2.35. The summed E-state index contributed by atoms with van der Waals surface area (Å²) in [5.74, 6) is -1.47. The van der Waals surface area contributed by atoms with Crippen LogP contribution in [0.3, 0.4) is 0 Å². The molecule has 20 heavy (non-hydrogen) atoms. The molecule has 1 aromatic heterocycles. The Labute approximate surface area is 126 Å². The summed E-state index contributed by atoms with van der Waals surface area (Å²) in [6.45, 7) is 3.18. The second-order valence-electron chi connectivity index (χ2n) is 4.59. The highest BCUT2D eigenvalue weighted by atomic mass is 35.5. The largest absolute Gasteiger partial charge is 0.481 e. The normalized spacial score (nSPS) is 21.9. The lowest BCUT2D eigenvalue weighted by Gasteiger charge is -2.32. The summed E-state index contributed by atoms with van der Waals surface area (Å²) in [5.41, 5.74) is 0.593. The van der Waals surface area contributed by atoms with Gasteiger partial charge in [0.15, 0.2) is 10.3 Å². The van der Waals surface area contributed by atoms with Gasteiger partial charge in [-0.15, -0.1) is 10.2 Å². The number of aliphatic carboxylic acids is 1. The molecule has 1 N–H and O–H groups in total. The third-order valence-electron chi connectivity index (χ3n) is 3.24. The van der Waals surface area contributed by atoms with Crippen molar-refractivity contribution in [3.63, 3.8) is 0 Å². The van der Waals surface area contributed by atoms with Crippen molar-refractivity contribution in [1.29, 1.82) is 0 Å². The molecule has 0 amide bonds. The van der Waals surface area contributed by atoms with Gasteiger partial charge in [-0.2, -0.15) is 0 Å². The van der Waals surface area contributed by atoms with Crippen LogP contribution in [-0.2, 0) is 9.53 Å². The van der Waals surface area contributed by atoms with E-state index in [9.17, 15) is 9.90 Å². The predicted molar refractivity (Wildman–Crippen MR) is 75.4 cm³/mol. The highest BCUT2D eigenvalue weighted by Crippen LogP contribution is 2.31. The van der Waals surface area contributed by atoms with Crippen LogP contribution in [0.25, 0.3) is 0 Å². The summed E-state index contributed by atoms with van der Waals surface area (Å²) in [7, 11) is 0. The van der Waals surface area contributed by atoms with E-state index in [0.29, 0.717) is 18.8 Å². The molecule has 8 heteroatoms. The zero-order valence-corrected chi connectivity index (χ0v) is 12.4. The maximum Gasteiger partial charge on any atom is 0.311 e. The number of rotatable bonds is 5. The van der Waals surface area contributed by atoms with Crippen molar-refractivity contribution in [2.24, 2.45) is 5.92 Å². The molecule has 0 radical (unpaired) electrons. The van der Waals surface area contributed by atoms with Gasteiger partial charge in [0.25, 0.3) is 0 Å². The Morgan fingerprint density at radius 1 is 1.50 bits per heavy atom. The highest BCUT2D eigenvalue weighted by Gasteiger charge is 2.38. The number of nitrogens with zero attached hydrogens (tertiary/aromatic N) is 3. The van der Waals surface area contributed by atoms with Gasteiger partial charge >= 0.3 is 5.97 Å². The first-order valence-electron chi connectivity index (χ1n) is 6.30. The van der Waals surface area contributed by atoms with E-state index in [2.05, 4.69) is 10.2 Å². The van der Waals surface area contributed by atoms with Crippen LogP contribution in [-0.4, -0.2) is 47.1 Å². The maximum atomic E-state index is 11.3. The van der Waals surface area contributed by atoms with Crippen LogP contribution in [0.15, 0.2) is 6.07 Å². The van der Waals surface area contributed by atoms with Crippen molar-refractivity contribution in [3.05, 3.63) is 16.4 Å². The molecule has 6 nitrogen and oxygen atoms in total. The minimum atomic E-state index is -0.877. The lowest BCUT2D eigenvalue weighted by Crippen LogP contribution is -2.44. The van der Waals surface area contributed by atoms with E-state index in [4.69, 9.17) is 27.9 Å². The number of halogens is 2. The Morgan fingerprint density at radius 3 is 2.90 bits per heavy atom. The van der Waals surface area contributed by atoms with Gasteiger partial charge in [-0.25, -0.2) is 0 Å². The quantitative estimate of drug-likeness (QED) is 0.895. The lowest BCUT2D eigenvalue weighted by molar-refractivity contribution is -0.141. The molecule has 1 aliphatic rings. The lowest BCUT2D eigenvalue weighted by atomic mass is 10.0. The average Bonchev–Trinajstić information content (AvgIpc) is 2.88. The van der Waals surface area contributed by atoms with E-state index in [-0.39, 0.29) is 23.0 Å². The predicted octanol–water partition coefficient (Wildman–Crippen LogP) is 2.10. The van der Waals surface area contributed by atoms with Crippen LogP contribution in [0.1, 0.15) is 13.3 Å². The Morgan fingerprint density at radius 2 is 2.25 bits per heavy atom. The molecule has 2 unspecified atom stereocenters. The number of carboxylic acids is 1. The summed E-state index contributed by atoms with van der Waals surface area (Å²) >= 11 is 11.9. The molecule has 0 aliphatic carbocycles. The molecule has 0 aromatic carbocycles. The van der Waals surface area contributed by atoms with Crippen molar-refractivity contribution in [2.45, 2.75) is 19.4 Å². The number of carbonyl (C=O) groups is 1. The van der Waals surface area contributed by atoms with Crippen molar-refractivity contribution in [3.8, 4) is 0 Å². The fraction of sp³-hybridized carbons (Fsp3) is 0.583. The van der Waals surface area contributed by atoms with E-state index in [1.165, 1.54) is 0 Å². The third kappa shape index (κ3) is 3.13. The van der Waals surface area contributed by atoms with Gasteiger partial charge in [0.05, 0.1) is 24.9 Å². The summed E-state index contributed by atoms with van der Waals surface area (Å²) in [4.78, 5) is 13.2. The van der Waals surface area contributed by atoms with Crippen molar-refractivity contribution >= 4 is 34.9 Å². The van der Waals surface area contributed by atoms with Crippen LogP contribution >= 0.6 is 23.2 Å². The molecule has 0 saturated carbocycles. The maximum absolute atomic E-state index is 11.3. The van der Waals surface area contributed by atoms with E-state index < -0.39 is 11.9 Å². The summed E-state index contributed by atoms with van der Waals surface area (Å²) in [5, 5.41) is 17.2. The molecule has 2 heterocycles. The molecule has 1 fully saturated rings. The van der Waals surface area contributed by atoms with E-state index in [1.807, 2.05) is 11.8 Å². The van der Waals surface area contributed by atoms with Gasteiger partial charge in [0.2, 0.25) is 0 Å². The minimum absolute atomic E-state index is 0.198. The number of ether oxygens (including phenoxy) is 1. The second-order valence-corrected chi connectivity index (χ2v) is 5.33. The summed E-state index contributed by atoms with van der Waals surface area (Å²) in [6, 6.07) is 1.31. The van der Waals surface area contributed by atoms with Gasteiger partial charge in [0, 0.05) is 12.6 Å².